The van der Waals surface area contributed by atoms with Gasteiger partial charge in [-0.25, -0.2) is 0 Å². The fraction of sp³-hybridized carbons (Fsp3) is 0.375. The number of aromatic nitrogens is 2. The summed E-state index contributed by atoms with van der Waals surface area (Å²) in [7, 11) is 1.87. The maximum atomic E-state index is 12.1. The smallest absolute Gasteiger partial charge is 0.251 e. The lowest BCUT2D eigenvalue weighted by atomic mass is 10.1. The van der Waals surface area contributed by atoms with Crippen molar-refractivity contribution in [3.05, 3.63) is 46.8 Å². The molecule has 0 bridgehead atoms. The minimum absolute atomic E-state index is 0.0148. The molecule has 0 saturated heterocycles. The topological polar surface area (TPSA) is 69.8 Å². The molecule has 2 rings (SSSR count). The fourth-order valence-electron chi connectivity index (χ4n) is 2.28. The number of nitrogens with one attached hydrogen (secondary N) is 3. The second-order valence-corrected chi connectivity index (χ2v) is 5.16. The lowest BCUT2D eigenvalue weighted by Gasteiger charge is -2.09. The zero-order valence-corrected chi connectivity index (χ0v) is 12.8. The number of aryl methyl sites for hydroxylation is 3. The zero-order valence-electron chi connectivity index (χ0n) is 12.8. The summed E-state index contributed by atoms with van der Waals surface area (Å²) >= 11 is 0. The molecule has 0 aliphatic heterocycles. The number of H-pyrrole nitrogens is 1. The molecular formula is C16H22N4O. The lowest BCUT2D eigenvalue weighted by Crippen LogP contribution is -2.25. The Morgan fingerprint density at radius 3 is 2.76 bits per heavy atom. The normalized spacial score (nSPS) is 10.4. The van der Waals surface area contributed by atoms with Gasteiger partial charge in [0.05, 0.1) is 6.20 Å². The predicted molar refractivity (Wildman–Crippen MR) is 84.7 cm³/mol. The molecule has 2 aromatic rings. The van der Waals surface area contributed by atoms with E-state index in [4.69, 9.17) is 0 Å². The summed E-state index contributed by atoms with van der Waals surface area (Å²) in [6, 6.07) is 5.75. The van der Waals surface area contributed by atoms with Crippen molar-refractivity contribution in [1.82, 2.24) is 15.5 Å². The molecule has 0 aliphatic carbocycles. The van der Waals surface area contributed by atoms with E-state index in [0.29, 0.717) is 6.54 Å². The highest BCUT2D eigenvalue weighted by Crippen LogP contribution is 2.14. The minimum atomic E-state index is -0.0148. The molecule has 0 radical (unpaired) electrons. The molecule has 1 amide bonds. The molecule has 21 heavy (non-hydrogen) atoms. The van der Waals surface area contributed by atoms with E-state index in [-0.39, 0.29) is 5.91 Å². The Morgan fingerprint density at radius 1 is 1.33 bits per heavy atom. The van der Waals surface area contributed by atoms with E-state index in [0.717, 1.165) is 35.3 Å². The van der Waals surface area contributed by atoms with Gasteiger partial charge in [0.25, 0.3) is 5.91 Å². The number of aromatic amines is 1. The fourth-order valence-corrected chi connectivity index (χ4v) is 2.28. The van der Waals surface area contributed by atoms with Crippen molar-refractivity contribution in [2.75, 3.05) is 18.9 Å². The van der Waals surface area contributed by atoms with Crippen LogP contribution in [0.25, 0.3) is 0 Å². The van der Waals surface area contributed by atoms with Crippen LogP contribution in [0.3, 0.4) is 0 Å². The van der Waals surface area contributed by atoms with E-state index >= 15 is 0 Å². The monoisotopic (exact) mass is 286 g/mol. The molecule has 1 aromatic heterocycles. The first kappa shape index (κ1) is 15.1. The van der Waals surface area contributed by atoms with Crippen LogP contribution in [0.2, 0.25) is 0 Å². The third kappa shape index (κ3) is 3.84. The van der Waals surface area contributed by atoms with Crippen LogP contribution in [-0.4, -0.2) is 29.7 Å². The van der Waals surface area contributed by atoms with Crippen LogP contribution in [0, 0.1) is 13.8 Å². The van der Waals surface area contributed by atoms with Gasteiger partial charge in [-0.1, -0.05) is 0 Å². The van der Waals surface area contributed by atoms with Crippen LogP contribution in [0.1, 0.15) is 33.6 Å². The van der Waals surface area contributed by atoms with E-state index < -0.39 is 0 Å². The van der Waals surface area contributed by atoms with Crippen molar-refractivity contribution in [1.29, 1.82) is 0 Å². The molecule has 0 fully saturated rings. The number of benzene rings is 1. The molecule has 5 heteroatoms. The summed E-state index contributed by atoms with van der Waals surface area (Å²) in [5.41, 5.74) is 5.02. The summed E-state index contributed by atoms with van der Waals surface area (Å²) in [4.78, 5) is 12.1. The Kier molecular flexibility index (Phi) is 4.98. The van der Waals surface area contributed by atoms with Gasteiger partial charge in [-0.2, -0.15) is 5.10 Å². The Balaban J connectivity index is 1.83. The van der Waals surface area contributed by atoms with Gasteiger partial charge in [-0.05, 0) is 56.0 Å². The van der Waals surface area contributed by atoms with Crippen LogP contribution in [-0.2, 0) is 6.42 Å². The highest BCUT2D eigenvalue weighted by Gasteiger charge is 2.09. The Labute approximate surface area is 125 Å². The van der Waals surface area contributed by atoms with Crippen molar-refractivity contribution in [2.45, 2.75) is 26.7 Å². The van der Waals surface area contributed by atoms with Crippen molar-refractivity contribution in [3.63, 3.8) is 0 Å². The summed E-state index contributed by atoms with van der Waals surface area (Å²) in [6.45, 7) is 4.62. The number of amides is 1. The van der Waals surface area contributed by atoms with E-state index in [9.17, 15) is 4.79 Å². The van der Waals surface area contributed by atoms with Gasteiger partial charge in [0.15, 0.2) is 0 Å². The van der Waals surface area contributed by atoms with E-state index in [1.807, 2.05) is 45.3 Å². The van der Waals surface area contributed by atoms with E-state index in [2.05, 4.69) is 20.8 Å². The Morgan fingerprint density at radius 2 is 2.14 bits per heavy atom. The minimum Gasteiger partial charge on any atom is -0.388 e. The molecule has 0 aliphatic rings. The number of nitrogens with zero attached hydrogens (tertiary/aromatic N) is 1. The second-order valence-electron chi connectivity index (χ2n) is 5.16. The van der Waals surface area contributed by atoms with Gasteiger partial charge >= 0.3 is 0 Å². The maximum Gasteiger partial charge on any atom is 0.251 e. The second kappa shape index (κ2) is 6.92. The number of carbonyl (C=O) groups excluding carboxylic acids is 1. The molecule has 0 spiro atoms. The molecule has 1 aromatic carbocycles. The van der Waals surface area contributed by atoms with Gasteiger partial charge in [-0.3, -0.25) is 9.89 Å². The Hall–Kier alpha value is -2.30. The molecule has 0 saturated carbocycles. The quantitative estimate of drug-likeness (QED) is 0.714. The van der Waals surface area contributed by atoms with Crippen molar-refractivity contribution in [3.8, 4) is 0 Å². The SMILES string of the molecule is CNc1ccc(C(=O)NCCCc2cn[nH]c2C)c(C)c1. The number of anilines is 1. The molecule has 3 N–H and O–H groups in total. The number of hydrogen-bond acceptors (Lipinski definition) is 3. The maximum absolute atomic E-state index is 12.1. The highest BCUT2D eigenvalue weighted by molar-refractivity contribution is 5.96. The number of carbonyl (C=O) groups is 1. The largest absolute Gasteiger partial charge is 0.388 e. The summed E-state index contributed by atoms with van der Waals surface area (Å²) in [5, 5.41) is 12.9. The molecule has 0 atom stereocenters. The lowest BCUT2D eigenvalue weighted by molar-refractivity contribution is 0.0952. The first-order chi connectivity index (χ1) is 10.1. The van der Waals surface area contributed by atoms with Crippen LogP contribution in [0.4, 0.5) is 5.69 Å². The summed E-state index contributed by atoms with van der Waals surface area (Å²) < 4.78 is 0. The van der Waals surface area contributed by atoms with Gasteiger partial charge < -0.3 is 10.6 Å². The summed E-state index contributed by atoms with van der Waals surface area (Å²) in [5.74, 6) is -0.0148. The standard InChI is InChI=1S/C16H22N4O/c1-11-9-14(17-3)6-7-15(11)16(21)18-8-4-5-13-10-19-20-12(13)2/h6-7,9-10,17H,4-5,8H2,1-3H3,(H,18,21)(H,19,20). The third-order valence-corrected chi connectivity index (χ3v) is 3.60. The average molecular weight is 286 g/mol. The molecule has 5 nitrogen and oxygen atoms in total. The molecular weight excluding hydrogens is 264 g/mol. The van der Waals surface area contributed by atoms with Crippen molar-refractivity contribution < 1.29 is 4.79 Å². The van der Waals surface area contributed by atoms with Crippen LogP contribution < -0.4 is 10.6 Å². The first-order valence-electron chi connectivity index (χ1n) is 7.17. The number of rotatable bonds is 6. The number of hydrogen-bond donors (Lipinski definition) is 3. The Bertz CT molecular complexity index is 618. The van der Waals surface area contributed by atoms with E-state index in [1.54, 1.807) is 0 Å². The van der Waals surface area contributed by atoms with Gasteiger partial charge in [-0.15, -0.1) is 0 Å². The first-order valence-corrected chi connectivity index (χ1v) is 7.17. The molecule has 1 heterocycles. The molecule has 0 unspecified atom stereocenters. The highest BCUT2D eigenvalue weighted by atomic mass is 16.1. The van der Waals surface area contributed by atoms with Gasteiger partial charge in [0.2, 0.25) is 0 Å². The molecule has 112 valence electrons. The van der Waals surface area contributed by atoms with Crippen LogP contribution in [0.5, 0.6) is 0 Å². The van der Waals surface area contributed by atoms with Crippen LogP contribution in [0.15, 0.2) is 24.4 Å². The van der Waals surface area contributed by atoms with Crippen LogP contribution >= 0.6 is 0 Å². The zero-order chi connectivity index (χ0) is 15.2. The summed E-state index contributed by atoms with van der Waals surface area (Å²) in [6.07, 6.45) is 3.66. The van der Waals surface area contributed by atoms with Crippen molar-refractivity contribution >= 4 is 11.6 Å². The average Bonchev–Trinajstić information content (AvgIpc) is 2.88. The predicted octanol–water partition coefficient (Wildman–Crippen LogP) is 2.43. The van der Waals surface area contributed by atoms with Gasteiger partial charge in [0.1, 0.15) is 0 Å². The van der Waals surface area contributed by atoms with E-state index in [1.165, 1.54) is 5.56 Å². The van der Waals surface area contributed by atoms with Gasteiger partial charge in [0, 0.05) is 30.5 Å². The van der Waals surface area contributed by atoms with Crippen molar-refractivity contribution in [2.24, 2.45) is 0 Å². The third-order valence-electron chi connectivity index (χ3n) is 3.60.